The first-order chi connectivity index (χ1) is 12.6. The summed E-state index contributed by atoms with van der Waals surface area (Å²) in [5, 5.41) is 3.46. The van der Waals surface area contributed by atoms with Gasteiger partial charge in [0.1, 0.15) is 0 Å². The lowest BCUT2D eigenvalue weighted by molar-refractivity contribution is 0.0761. The minimum atomic E-state index is -0.325. The van der Waals surface area contributed by atoms with Crippen LogP contribution in [-0.4, -0.2) is 29.8 Å². The maximum atomic E-state index is 12.6. The molecule has 0 spiro atoms. The number of rotatable bonds is 3. The van der Waals surface area contributed by atoms with E-state index in [0.717, 1.165) is 25.9 Å². The molecule has 26 heavy (non-hydrogen) atoms. The lowest BCUT2D eigenvalue weighted by Crippen LogP contribution is -2.31. The van der Waals surface area contributed by atoms with Gasteiger partial charge in [0.25, 0.3) is 11.8 Å². The normalized spacial score (nSPS) is 14.6. The van der Waals surface area contributed by atoms with Gasteiger partial charge < -0.3 is 10.2 Å². The van der Waals surface area contributed by atoms with Crippen molar-refractivity contribution in [2.75, 3.05) is 18.4 Å². The summed E-state index contributed by atoms with van der Waals surface area (Å²) < 4.78 is 0. The number of carbonyl (C=O) groups is 2. The fourth-order valence-corrected chi connectivity index (χ4v) is 3.52. The highest BCUT2D eigenvalue weighted by Crippen LogP contribution is 2.30. The molecule has 1 aliphatic heterocycles. The summed E-state index contributed by atoms with van der Waals surface area (Å²) in [7, 11) is 0. The Morgan fingerprint density at radius 2 is 1.35 bits per heavy atom. The summed E-state index contributed by atoms with van der Waals surface area (Å²) >= 11 is 12.2. The molecule has 0 bridgehead atoms. The molecule has 4 nitrogen and oxygen atoms in total. The highest BCUT2D eigenvalue weighted by molar-refractivity contribution is 6.40. The largest absolute Gasteiger partial charge is 0.339 e. The molecule has 1 saturated heterocycles. The molecule has 0 aromatic heterocycles. The number of hydrogen-bond acceptors (Lipinski definition) is 2. The highest BCUT2D eigenvalue weighted by Gasteiger charge is 2.18. The summed E-state index contributed by atoms with van der Waals surface area (Å²) in [6.45, 7) is 1.60. The standard InChI is InChI=1S/C20H20Cl2N2O2/c21-16-6-5-7-17(22)18(16)23-19(25)14-8-10-15(11-9-14)20(26)24-12-3-1-2-4-13-24/h5-11H,1-4,12-13H2,(H,23,25). The van der Waals surface area contributed by atoms with Crippen LogP contribution in [0, 0.1) is 0 Å². The number of halogens is 2. The van der Waals surface area contributed by atoms with Crippen LogP contribution in [0.3, 0.4) is 0 Å². The third-order valence-corrected chi connectivity index (χ3v) is 5.12. The van der Waals surface area contributed by atoms with Crippen LogP contribution in [0.1, 0.15) is 46.4 Å². The molecule has 1 fully saturated rings. The molecule has 2 amide bonds. The lowest BCUT2D eigenvalue weighted by Gasteiger charge is -2.20. The maximum Gasteiger partial charge on any atom is 0.255 e. The van der Waals surface area contributed by atoms with Crippen LogP contribution < -0.4 is 5.32 Å². The van der Waals surface area contributed by atoms with Crippen molar-refractivity contribution >= 4 is 40.7 Å². The third-order valence-electron chi connectivity index (χ3n) is 4.49. The molecule has 1 heterocycles. The Labute approximate surface area is 163 Å². The predicted molar refractivity (Wildman–Crippen MR) is 105 cm³/mol. The van der Waals surface area contributed by atoms with E-state index in [1.807, 2.05) is 4.90 Å². The quantitative estimate of drug-likeness (QED) is 0.776. The molecular formula is C20H20Cl2N2O2. The molecule has 0 saturated carbocycles. The molecule has 136 valence electrons. The molecule has 0 unspecified atom stereocenters. The van der Waals surface area contributed by atoms with Gasteiger partial charge in [-0.2, -0.15) is 0 Å². The van der Waals surface area contributed by atoms with Crippen molar-refractivity contribution < 1.29 is 9.59 Å². The average molecular weight is 391 g/mol. The first kappa shape index (κ1) is 18.7. The number of hydrogen-bond donors (Lipinski definition) is 1. The van der Waals surface area contributed by atoms with Gasteiger partial charge >= 0.3 is 0 Å². The number of para-hydroxylation sites is 1. The number of amides is 2. The molecule has 0 radical (unpaired) electrons. The van der Waals surface area contributed by atoms with Gasteiger partial charge in [0.15, 0.2) is 0 Å². The Bertz CT molecular complexity index is 778. The van der Waals surface area contributed by atoms with E-state index in [4.69, 9.17) is 23.2 Å². The summed E-state index contributed by atoms with van der Waals surface area (Å²) in [6.07, 6.45) is 4.44. The zero-order valence-electron chi connectivity index (χ0n) is 14.3. The van der Waals surface area contributed by atoms with E-state index in [1.54, 1.807) is 42.5 Å². The third kappa shape index (κ3) is 4.37. The predicted octanol–water partition coefficient (Wildman–Crippen LogP) is 5.26. The van der Waals surface area contributed by atoms with Crippen molar-refractivity contribution in [1.82, 2.24) is 4.90 Å². The number of carbonyl (C=O) groups excluding carboxylic acids is 2. The van der Waals surface area contributed by atoms with Crippen molar-refractivity contribution in [2.24, 2.45) is 0 Å². The van der Waals surface area contributed by atoms with Gasteiger partial charge in [0, 0.05) is 24.2 Å². The molecule has 1 aliphatic rings. The maximum absolute atomic E-state index is 12.6. The van der Waals surface area contributed by atoms with E-state index in [2.05, 4.69) is 5.32 Å². The van der Waals surface area contributed by atoms with Crippen LogP contribution in [0.2, 0.25) is 10.0 Å². The van der Waals surface area contributed by atoms with E-state index in [-0.39, 0.29) is 11.8 Å². The molecule has 2 aromatic carbocycles. The number of anilines is 1. The second kappa shape index (κ2) is 8.56. The smallest absolute Gasteiger partial charge is 0.255 e. The van der Waals surface area contributed by atoms with Gasteiger partial charge in [-0.05, 0) is 49.2 Å². The summed E-state index contributed by atoms with van der Waals surface area (Å²) in [5.74, 6) is -0.304. The highest BCUT2D eigenvalue weighted by atomic mass is 35.5. The van der Waals surface area contributed by atoms with E-state index < -0.39 is 0 Å². The average Bonchev–Trinajstić information content (AvgIpc) is 2.94. The van der Waals surface area contributed by atoms with Gasteiger partial charge in [-0.25, -0.2) is 0 Å². The lowest BCUT2D eigenvalue weighted by atomic mass is 10.1. The Hall–Kier alpha value is -2.04. The molecule has 0 atom stereocenters. The van der Waals surface area contributed by atoms with Crippen LogP contribution in [0.25, 0.3) is 0 Å². The van der Waals surface area contributed by atoms with E-state index >= 15 is 0 Å². The number of nitrogens with one attached hydrogen (secondary N) is 1. The minimum Gasteiger partial charge on any atom is -0.339 e. The van der Waals surface area contributed by atoms with Gasteiger partial charge in [-0.15, -0.1) is 0 Å². The van der Waals surface area contributed by atoms with Crippen LogP contribution in [-0.2, 0) is 0 Å². The van der Waals surface area contributed by atoms with Crippen LogP contribution in [0.5, 0.6) is 0 Å². The topological polar surface area (TPSA) is 49.4 Å². The fraction of sp³-hybridized carbons (Fsp3) is 0.300. The monoisotopic (exact) mass is 390 g/mol. The van der Waals surface area contributed by atoms with Gasteiger partial charge in [-0.3, -0.25) is 9.59 Å². The van der Waals surface area contributed by atoms with E-state index in [1.165, 1.54) is 12.8 Å². The van der Waals surface area contributed by atoms with E-state index in [9.17, 15) is 9.59 Å². The first-order valence-corrected chi connectivity index (χ1v) is 9.46. The van der Waals surface area contributed by atoms with Crippen LogP contribution in [0.4, 0.5) is 5.69 Å². The molecule has 1 N–H and O–H groups in total. The minimum absolute atomic E-state index is 0.0213. The molecule has 6 heteroatoms. The first-order valence-electron chi connectivity index (χ1n) is 8.71. The SMILES string of the molecule is O=C(Nc1c(Cl)cccc1Cl)c1ccc(C(=O)N2CCCCCC2)cc1. The summed E-state index contributed by atoms with van der Waals surface area (Å²) in [5.41, 5.74) is 1.41. The molecule has 0 aliphatic carbocycles. The Morgan fingerprint density at radius 1 is 0.808 bits per heavy atom. The van der Waals surface area contributed by atoms with Crippen molar-refractivity contribution in [3.8, 4) is 0 Å². The van der Waals surface area contributed by atoms with Crippen LogP contribution >= 0.6 is 23.2 Å². The number of nitrogens with zero attached hydrogens (tertiary/aromatic N) is 1. The molecule has 3 rings (SSSR count). The van der Waals surface area contributed by atoms with E-state index in [0.29, 0.717) is 26.9 Å². The Kier molecular flexibility index (Phi) is 6.17. The van der Waals surface area contributed by atoms with Crippen LogP contribution in [0.15, 0.2) is 42.5 Å². The second-order valence-electron chi connectivity index (χ2n) is 6.33. The van der Waals surface area contributed by atoms with Crippen molar-refractivity contribution in [1.29, 1.82) is 0 Å². The van der Waals surface area contributed by atoms with Gasteiger partial charge in [0.2, 0.25) is 0 Å². The summed E-state index contributed by atoms with van der Waals surface area (Å²) in [4.78, 5) is 26.9. The Morgan fingerprint density at radius 3 is 1.92 bits per heavy atom. The van der Waals surface area contributed by atoms with Crippen molar-refractivity contribution in [2.45, 2.75) is 25.7 Å². The van der Waals surface area contributed by atoms with Gasteiger partial charge in [0.05, 0.1) is 15.7 Å². The van der Waals surface area contributed by atoms with Crippen molar-refractivity contribution in [3.63, 3.8) is 0 Å². The summed E-state index contributed by atoms with van der Waals surface area (Å²) in [6, 6.07) is 11.7. The number of likely N-dealkylation sites (tertiary alicyclic amines) is 1. The zero-order chi connectivity index (χ0) is 18.5. The van der Waals surface area contributed by atoms with Crippen molar-refractivity contribution in [3.05, 3.63) is 63.6 Å². The Balaban J connectivity index is 1.70. The molecular weight excluding hydrogens is 371 g/mol. The molecule has 2 aromatic rings. The van der Waals surface area contributed by atoms with Gasteiger partial charge in [-0.1, -0.05) is 42.1 Å². The second-order valence-corrected chi connectivity index (χ2v) is 7.15. The number of benzene rings is 2. The fourth-order valence-electron chi connectivity index (χ4n) is 3.02. The zero-order valence-corrected chi connectivity index (χ0v) is 15.8.